The van der Waals surface area contributed by atoms with E-state index >= 15 is 0 Å². The highest BCUT2D eigenvalue weighted by atomic mass is 19.1. The summed E-state index contributed by atoms with van der Waals surface area (Å²) >= 11 is 0. The maximum absolute atomic E-state index is 13.3. The van der Waals surface area contributed by atoms with Crippen molar-refractivity contribution in [1.82, 2.24) is 14.9 Å². The number of aryl methyl sites for hydroxylation is 1. The highest BCUT2D eigenvalue weighted by Gasteiger charge is 2.12. The highest BCUT2D eigenvalue weighted by molar-refractivity contribution is 6.05. The summed E-state index contributed by atoms with van der Waals surface area (Å²) in [6.45, 7) is 0.365. The summed E-state index contributed by atoms with van der Waals surface area (Å²) in [5, 5.41) is 5.67. The van der Waals surface area contributed by atoms with E-state index in [1.165, 1.54) is 18.2 Å². The fourth-order valence-electron chi connectivity index (χ4n) is 3.36. The third kappa shape index (κ3) is 4.61. The predicted molar refractivity (Wildman–Crippen MR) is 118 cm³/mol. The summed E-state index contributed by atoms with van der Waals surface area (Å²) in [6.07, 6.45) is 0.512. The summed E-state index contributed by atoms with van der Waals surface area (Å²) < 4.78 is 15.2. The normalized spacial score (nSPS) is 10.8. The van der Waals surface area contributed by atoms with Crippen LogP contribution in [0.3, 0.4) is 0 Å². The minimum atomic E-state index is -0.446. The Morgan fingerprint density at radius 2 is 1.71 bits per heavy atom. The predicted octanol–water partition coefficient (Wildman–Crippen LogP) is 3.94. The maximum Gasteiger partial charge on any atom is 0.255 e. The quantitative estimate of drug-likeness (QED) is 0.500. The number of fused-ring (bicyclic) bond motifs is 1. The molecule has 0 aliphatic rings. The zero-order valence-corrected chi connectivity index (χ0v) is 16.9. The van der Waals surface area contributed by atoms with Gasteiger partial charge in [0.25, 0.3) is 11.8 Å². The molecule has 0 unspecified atom stereocenters. The Morgan fingerprint density at radius 3 is 2.48 bits per heavy atom. The molecule has 0 atom stereocenters. The van der Waals surface area contributed by atoms with Gasteiger partial charge < -0.3 is 15.2 Å². The smallest absolute Gasteiger partial charge is 0.255 e. The van der Waals surface area contributed by atoms with E-state index in [4.69, 9.17) is 0 Å². The van der Waals surface area contributed by atoms with Crippen LogP contribution < -0.4 is 10.6 Å². The van der Waals surface area contributed by atoms with Crippen LogP contribution in [0.4, 0.5) is 10.1 Å². The lowest BCUT2D eigenvalue weighted by molar-refractivity contribution is 0.0952. The van der Waals surface area contributed by atoms with Crippen LogP contribution in [-0.2, 0) is 13.5 Å². The second-order valence-corrected chi connectivity index (χ2v) is 7.13. The van der Waals surface area contributed by atoms with Crippen molar-refractivity contribution in [2.24, 2.45) is 7.05 Å². The number of anilines is 1. The van der Waals surface area contributed by atoms with Crippen LogP contribution in [0.1, 0.15) is 26.5 Å². The molecule has 4 rings (SSSR count). The molecule has 2 amide bonds. The summed E-state index contributed by atoms with van der Waals surface area (Å²) in [6, 6.07) is 20.1. The van der Waals surface area contributed by atoms with Crippen molar-refractivity contribution in [2.45, 2.75) is 6.42 Å². The van der Waals surface area contributed by atoms with Crippen molar-refractivity contribution in [3.8, 4) is 0 Å². The minimum Gasteiger partial charge on any atom is -0.352 e. The van der Waals surface area contributed by atoms with Gasteiger partial charge in [-0.25, -0.2) is 9.37 Å². The Kier molecular flexibility index (Phi) is 5.75. The number of benzene rings is 3. The van der Waals surface area contributed by atoms with Crippen LogP contribution in [0.2, 0.25) is 0 Å². The van der Waals surface area contributed by atoms with Crippen LogP contribution >= 0.6 is 0 Å². The molecule has 6 nitrogen and oxygen atoms in total. The molecular formula is C24H21FN4O2. The zero-order valence-electron chi connectivity index (χ0n) is 16.9. The number of imidazole rings is 1. The van der Waals surface area contributed by atoms with Crippen LogP contribution in [-0.4, -0.2) is 27.9 Å². The SMILES string of the molecule is Cn1c(CCNC(=O)c2cccc(F)c2)nc2cc(NC(=O)c3ccccc3)ccc21. The lowest BCUT2D eigenvalue weighted by Crippen LogP contribution is -2.26. The van der Waals surface area contributed by atoms with E-state index in [1.54, 1.807) is 18.2 Å². The van der Waals surface area contributed by atoms with Crippen molar-refractivity contribution >= 4 is 28.5 Å². The monoisotopic (exact) mass is 416 g/mol. The molecule has 0 aliphatic carbocycles. The first-order chi connectivity index (χ1) is 15.0. The van der Waals surface area contributed by atoms with Gasteiger partial charge in [0.1, 0.15) is 11.6 Å². The Morgan fingerprint density at radius 1 is 0.935 bits per heavy atom. The number of aromatic nitrogens is 2. The number of amides is 2. The minimum absolute atomic E-state index is 0.184. The molecule has 7 heteroatoms. The summed E-state index contributed by atoms with van der Waals surface area (Å²) in [4.78, 5) is 29.2. The standard InChI is InChI=1S/C24H21FN4O2/c1-29-21-11-10-19(27-24(31)16-6-3-2-4-7-16)15-20(21)28-22(29)12-13-26-23(30)17-8-5-9-18(25)14-17/h2-11,14-15H,12-13H2,1H3,(H,26,30)(H,27,31). The van der Waals surface area contributed by atoms with Gasteiger partial charge in [0.2, 0.25) is 0 Å². The zero-order chi connectivity index (χ0) is 21.8. The van der Waals surface area contributed by atoms with Crippen LogP contribution in [0.25, 0.3) is 11.0 Å². The first-order valence-corrected chi connectivity index (χ1v) is 9.87. The molecule has 0 fully saturated rings. The van der Waals surface area contributed by atoms with Crippen molar-refractivity contribution < 1.29 is 14.0 Å². The second kappa shape index (κ2) is 8.79. The first kappa shape index (κ1) is 20.3. The number of halogens is 1. The summed E-state index contributed by atoms with van der Waals surface area (Å²) in [5.74, 6) is -0.167. The highest BCUT2D eigenvalue weighted by Crippen LogP contribution is 2.20. The van der Waals surface area contributed by atoms with Gasteiger partial charge in [-0.15, -0.1) is 0 Å². The van der Waals surface area contributed by atoms with Crippen molar-refractivity contribution in [3.05, 3.63) is 95.6 Å². The molecule has 3 aromatic carbocycles. The van der Waals surface area contributed by atoms with Gasteiger partial charge in [0, 0.05) is 36.8 Å². The van der Waals surface area contributed by atoms with Gasteiger partial charge in [-0.1, -0.05) is 24.3 Å². The van der Waals surface area contributed by atoms with Gasteiger partial charge >= 0.3 is 0 Å². The lowest BCUT2D eigenvalue weighted by Gasteiger charge is -2.06. The molecule has 31 heavy (non-hydrogen) atoms. The van der Waals surface area contributed by atoms with Gasteiger partial charge in [-0.05, 0) is 48.5 Å². The molecule has 0 bridgehead atoms. The van der Waals surface area contributed by atoms with E-state index in [-0.39, 0.29) is 17.4 Å². The molecule has 2 N–H and O–H groups in total. The number of nitrogens with zero attached hydrogens (tertiary/aromatic N) is 2. The maximum atomic E-state index is 13.3. The van der Waals surface area contributed by atoms with Crippen molar-refractivity contribution in [2.75, 3.05) is 11.9 Å². The Hall–Kier alpha value is -4.00. The average Bonchev–Trinajstić information content (AvgIpc) is 3.09. The topological polar surface area (TPSA) is 76.0 Å². The molecule has 0 spiro atoms. The van der Waals surface area contributed by atoms with Gasteiger partial charge in [-0.3, -0.25) is 9.59 Å². The van der Waals surface area contributed by atoms with Crippen LogP contribution in [0.15, 0.2) is 72.8 Å². The average molecular weight is 416 g/mol. The third-order valence-electron chi connectivity index (χ3n) is 4.99. The summed E-state index contributed by atoms with van der Waals surface area (Å²) in [7, 11) is 1.90. The van der Waals surface area contributed by atoms with E-state index in [9.17, 15) is 14.0 Å². The largest absolute Gasteiger partial charge is 0.352 e. The van der Waals surface area contributed by atoms with Gasteiger partial charge in [0.15, 0.2) is 0 Å². The van der Waals surface area contributed by atoms with Gasteiger partial charge in [0.05, 0.1) is 11.0 Å². The number of hydrogen-bond donors (Lipinski definition) is 2. The van der Waals surface area contributed by atoms with Crippen LogP contribution in [0.5, 0.6) is 0 Å². The number of hydrogen-bond acceptors (Lipinski definition) is 3. The second-order valence-electron chi connectivity index (χ2n) is 7.13. The van der Waals surface area contributed by atoms with Crippen LogP contribution in [0, 0.1) is 5.82 Å². The lowest BCUT2D eigenvalue weighted by atomic mass is 10.2. The molecule has 0 saturated carbocycles. The fraction of sp³-hybridized carbons (Fsp3) is 0.125. The molecule has 4 aromatic rings. The van der Waals surface area contributed by atoms with Gasteiger partial charge in [-0.2, -0.15) is 0 Å². The number of nitrogens with one attached hydrogen (secondary N) is 2. The van der Waals surface area contributed by atoms with E-state index < -0.39 is 5.82 Å². The molecule has 0 saturated heterocycles. The van der Waals surface area contributed by atoms with E-state index in [0.717, 1.165) is 16.9 Å². The molecule has 0 aliphatic heterocycles. The fourth-order valence-corrected chi connectivity index (χ4v) is 3.36. The van der Waals surface area contributed by atoms with Crippen molar-refractivity contribution in [3.63, 3.8) is 0 Å². The van der Waals surface area contributed by atoms with E-state index in [0.29, 0.717) is 24.2 Å². The molecule has 1 heterocycles. The molecule has 1 aromatic heterocycles. The van der Waals surface area contributed by atoms with Crippen molar-refractivity contribution in [1.29, 1.82) is 0 Å². The number of carbonyl (C=O) groups excluding carboxylic acids is 2. The Labute approximate surface area is 178 Å². The Balaban J connectivity index is 1.42. The van der Waals surface area contributed by atoms with E-state index in [2.05, 4.69) is 15.6 Å². The molecule has 156 valence electrons. The number of rotatable bonds is 6. The number of carbonyl (C=O) groups is 2. The van der Waals surface area contributed by atoms with E-state index in [1.807, 2.05) is 48.0 Å². The third-order valence-corrected chi connectivity index (χ3v) is 4.99. The summed E-state index contributed by atoms with van der Waals surface area (Å²) in [5.41, 5.74) is 3.19. The Bertz CT molecular complexity index is 1250. The first-order valence-electron chi connectivity index (χ1n) is 9.87. The molecular weight excluding hydrogens is 395 g/mol. The molecule has 0 radical (unpaired) electrons.